The Kier molecular flexibility index (Phi) is 2.81. The highest BCUT2D eigenvalue weighted by molar-refractivity contribution is 5.45. The molecule has 0 aromatic rings. The number of hydrogen-bond donors (Lipinski definition) is 0. The second-order valence-corrected chi connectivity index (χ2v) is 3.67. The van der Waals surface area contributed by atoms with E-state index < -0.39 is 0 Å². The minimum absolute atomic E-state index is 1.12. The molecule has 0 heterocycles. The van der Waals surface area contributed by atoms with Gasteiger partial charge in [0.2, 0.25) is 0 Å². The van der Waals surface area contributed by atoms with E-state index in [1.807, 2.05) is 0 Å². The van der Waals surface area contributed by atoms with Gasteiger partial charge in [-0.15, -0.1) is 0 Å². The molecule has 0 saturated carbocycles. The average Bonchev–Trinajstić information content (AvgIpc) is 2.55. The highest BCUT2D eigenvalue weighted by Crippen LogP contribution is 2.23. The molecule has 13 heavy (non-hydrogen) atoms. The van der Waals surface area contributed by atoms with Gasteiger partial charge in [0, 0.05) is 0 Å². The van der Waals surface area contributed by atoms with Gasteiger partial charge in [0.05, 0.1) is 0 Å². The van der Waals surface area contributed by atoms with Crippen molar-refractivity contribution in [1.29, 1.82) is 0 Å². The van der Waals surface area contributed by atoms with Gasteiger partial charge in [-0.3, -0.25) is 0 Å². The van der Waals surface area contributed by atoms with Gasteiger partial charge in [-0.2, -0.15) is 0 Å². The first-order valence-corrected chi connectivity index (χ1v) is 5.19. The van der Waals surface area contributed by atoms with Crippen molar-refractivity contribution < 1.29 is 0 Å². The fourth-order valence-electron chi connectivity index (χ4n) is 1.84. The molecule has 0 spiro atoms. The van der Waals surface area contributed by atoms with Crippen molar-refractivity contribution in [1.82, 2.24) is 0 Å². The van der Waals surface area contributed by atoms with Gasteiger partial charge in [0.1, 0.15) is 0 Å². The standard InChI is InChI=1S/C13H16/c1-2-4-8-12(9-5-3-1)13-10-6-7-11-13/h4,6-10H,1-3,5,11H2/b8-4-,12-9?. The monoisotopic (exact) mass is 172 g/mol. The van der Waals surface area contributed by atoms with Gasteiger partial charge >= 0.3 is 0 Å². The molecule has 68 valence electrons. The van der Waals surface area contributed by atoms with Gasteiger partial charge in [0.25, 0.3) is 0 Å². The van der Waals surface area contributed by atoms with Crippen molar-refractivity contribution in [2.24, 2.45) is 0 Å². The van der Waals surface area contributed by atoms with Crippen LogP contribution in [0.1, 0.15) is 32.1 Å². The Balaban J connectivity index is 2.11. The molecule has 0 bridgehead atoms. The predicted octanol–water partition coefficient (Wildman–Crippen LogP) is 3.93. The van der Waals surface area contributed by atoms with E-state index in [0.29, 0.717) is 0 Å². The molecular formula is C13H16. The summed E-state index contributed by atoms with van der Waals surface area (Å²) in [6.07, 6.45) is 19.9. The molecular weight excluding hydrogens is 156 g/mol. The third-order valence-electron chi connectivity index (χ3n) is 2.63. The lowest BCUT2D eigenvalue weighted by Crippen LogP contribution is -1.87. The predicted molar refractivity (Wildman–Crippen MR) is 57.5 cm³/mol. The molecule has 0 aromatic heterocycles. The first kappa shape index (κ1) is 8.55. The van der Waals surface area contributed by atoms with Crippen LogP contribution in [0, 0.1) is 0 Å². The molecule has 0 aliphatic heterocycles. The Bertz CT molecular complexity index is 287. The summed E-state index contributed by atoms with van der Waals surface area (Å²) in [6.45, 7) is 0. The van der Waals surface area contributed by atoms with Crippen molar-refractivity contribution in [3.05, 3.63) is 47.6 Å². The second-order valence-electron chi connectivity index (χ2n) is 3.67. The third-order valence-corrected chi connectivity index (χ3v) is 2.63. The zero-order valence-electron chi connectivity index (χ0n) is 8.00. The van der Waals surface area contributed by atoms with E-state index >= 15 is 0 Å². The van der Waals surface area contributed by atoms with E-state index in [0.717, 1.165) is 6.42 Å². The first-order valence-electron chi connectivity index (χ1n) is 5.19. The Morgan fingerprint density at radius 3 is 2.77 bits per heavy atom. The molecule has 0 nitrogen and oxygen atoms in total. The van der Waals surface area contributed by atoms with Gasteiger partial charge in [-0.25, -0.2) is 0 Å². The summed E-state index contributed by atoms with van der Waals surface area (Å²) in [7, 11) is 0. The van der Waals surface area contributed by atoms with Crippen molar-refractivity contribution in [2.45, 2.75) is 32.1 Å². The Labute approximate surface area is 80.3 Å². The molecule has 2 aliphatic rings. The van der Waals surface area contributed by atoms with Crippen LogP contribution in [0.4, 0.5) is 0 Å². The molecule has 0 unspecified atom stereocenters. The van der Waals surface area contributed by atoms with Gasteiger partial charge in [0.15, 0.2) is 0 Å². The van der Waals surface area contributed by atoms with E-state index in [4.69, 9.17) is 0 Å². The molecule has 0 amide bonds. The molecule has 2 rings (SSSR count). The van der Waals surface area contributed by atoms with Crippen molar-refractivity contribution in [3.63, 3.8) is 0 Å². The smallest absolute Gasteiger partial charge is 0.00885 e. The summed E-state index contributed by atoms with van der Waals surface area (Å²) in [5.74, 6) is 0. The van der Waals surface area contributed by atoms with Crippen LogP contribution in [0.2, 0.25) is 0 Å². The van der Waals surface area contributed by atoms with Crippen LogP contribution >= 0.6 is 0 Å². The lowest BCUT2D eigenvalue weighted by Gasteiger charge is -2.06. The maximum absolute atomic E-state index is 2.38. The lowest BCUT2D eigenvalue weighted by molar-refractivity contribution is 0.755. The van der Waals surface area contributed by atoms with Crippen LogP contribution in [-0.2, 0) is 0 Å². The number of rotatable bonds is 1. The molecule has 0 saturated heterocycles. The minimum atomic E-state index is 1.12. The molecule has 0 radical (unpaired) electrons. The zero-order chi connectivity index (χ0) is 8.93. The van der Waals surface area contributed by atoms with Crippen LogP contribution in [0.15, 0.2) is 47.6 Å². The molecule has 0 heteroatoms. The Morgan fingerprint density at radius 1 is 1.00 bits per heavy atom. The molecule has 2 aliphatic carbocycles. The quantitative estimate of drug-likeness (QED) is 0.562. The molecule has 0 atom stereocenters. The van der Waals surface area contributed by atoms with E-state index in [-0.39, 0.29) is 0 Å². The summed E-state index contributed by atoms with van der Waals surface area (Å²) >= 11 is 0. The normalized spacial score (nSPS) is 24.6. The van der Waals surface area contributed by atoms with E-state index in [9.17, 15) is 0 Å². The van der Waals surface area contributed by atoms with E-state index in [1.165, 1.54) is 36.8 Å². The van der Waals surface area contributed by atoms with Crippen molar-refractivity contribution >= 4 is 0 Å². The number of hydrogen-bond acceptors (Lipinski definition) is 0. The minimum Gasteiger partial charge on any atom is -0.0839 e. The number of allylic oxidation sites excluding steroid dienone is 8. The zero-order valence-corrected chi connectivity index (χ0v) is 8.00. The SMILES string of the molecule is C1=CCC(C2=CCCCC/C=C\2)=C1. The topological polar surface area (TPSA) is 0 Å². The fourth-order valence-corrected chi connectivity index (χ4v) is 1.84. The van der Waals surface area contributed by atoms with Gasteiger partial charge < -0.3 is 0 Å². The van der Waals surface area contributed by atoms with Gasteiger partial charge in [-0.05, 0) is 43.3 Å². The van der Waals surface area contributed by atoms with Crippen LogP contribution in [-0.4, -0.2) is 0 Å². The summed E-state index contributed by atoms with van der Waals surface area (Å²) in [4.78, 5) is 0. The largest absolute Gasteiger partial charge is 0.0839 e. The molecule has 0 N–H and O–H groups in total. The summed E-state index contributed by atoms with van der Waals surface area (Å²) in [5.41, 5.74) is 2.93. The second kappa shape index (κ2) is 4.27. The van der Waals surface area contributed by atoms with Gasteiger partial charge in [-0.1, -0.05) is 36.5 Å². The third kappa shape index (κ3) is 2.21. The lowest BCUT2D eigenvalue weighted by atomic mass is 9.99. The summed E-state index contributed by atoms with van der Waals surface area (Å²) in [6, 6.07) is 0. The first-order chi connectivity index (χ1) is 6.47. The van der Waals surface area contributed by atoms with Crippen molar-refractivity contribution in [3.8, 4) is 0 Å². The summed E-state index contributed by atoms with van der Waals surface area (Å²) < 4.78 is 0. The fraction of sp³-hybridized carbons (Fsp3) is 0.385. The summed E-state index contributed by atoms with van der Waals surface area (Å²) in [5, 5.41) is 0. The van der Waals surface area contributed by atoms with Crippen LogP contribution < -0.4 is 0 Å². The van der Waals surface area contributed by atoms with E-state index in [2.05, 4.69) is 36.5 Å². The average molecular weight is 172 g/mol. The molecule has 0 fully saturated rings. The highest BCUT2D eigenvalue weighted by atomic mass is 14.1. The van der Waals surface area contributed by atoms with Crippen molar-refractivity contribution in [2.75, 3.05) is 0 Å². The maximum atomic E-state index is 2.38. The molecule has 0 aromatic carbocycles. The van der Waals surface area contributed by atoms with Crippen LogP contribution in [0.5, 0.6) is 0 Å². The highest BCUT2D eigenvalue weighted by Gasteiger charge is 2.03. The maximum Gasteiger partial charge on any atom is -0.00885 e. The van der Waals surface area contributed by atoms with Crippen LogP contribution in [0.25, 0.3) is 0 Å². The van der Waals surface area contributed by atoms with Crippen LogP contribution in [0.3, 0.4) is 0 Å². The Morgan fingerprint density at radius 2 is 1.92 bits per heavy atom. The Hall–Kier alpha value is -1.04. The van der Waals surface area contributed by atoms with E-state index in [1.54, 1.807) is 0 Å².